The van der Waals surface area contributed by atoms with E-state index >= 15 is 0 Å². The Morgan fingerprint density at radius 2 is 0.538 bits per heavy atom. The zero-order valence-corrected chi connectivity index (χ0v) is 20.5. The molecule has 0 aromatic carbocycles. The van der Waals surface area contributed by atoms with Crippen LogP contribution in [0, 0.1) is 0 Å². The summed E-state index contributed by atoms with van der Waals surface area (Å²) in [6.45, 7) is 0. The monoisotopic (exact) mass is 825 g/mol. The van der Waals surface area contributed by atoms with E-state index in [1.54, 1.807) is 0 Å². The van der Waals surface area contributed by atoms with Gasteiger partial charge in [-0.1, -0.05) is 37.1 Å². The molecule has 0 aromatic heterocycles. The first-order valence-corrected chi connectivity index (χ1v) is 0. The summed E-state index contributed by atoms with van der Waals surface area (Å²) in [7, 11) is 0. The van der Waals surface area contributed by atoms with Crippen LogP contribution in [0.5, 0.6) is 0 Å². The Bertz CT molecular complexity index is 39.0. The second-order valence-corrected chi connectivity index (χ2v) is 0. The third kappa shape index (κ3) is 136. The second kappa shape index (κ2) is 154. The van der Waals surface area contributed by atoms with Gasteiger partial charge in [-0.15, -0.1) is 48.0 Å². The average molecular weight is 825 g/mol. The van der Waals surface area contributed by atoms with Gasteiger partial charge in [-0.2, -0.15) is 27.0 Å². The van der Waals surface area contributed by atoms with Crippen molar-refractivity contribution in [1.29, 1.82) is 0 Å². The molecule has 0 aliphatic carbocycles. The van der Waals surface area contributed by atoms with Gasteiger partial charge in [-0.3, -0.25) is 0 Å². The van der Waals surface area contributed by atoms with E-state index in [-0.39, 0.29) is 220 Å². The molecule has 0 amide bonds. The molecule has 0 saturated carbocycles. The summed E-state index contributed by atoms with van der Waals surface area (Å²) < 4.78 is 0. The molecule has 13 heavy (non-hydrogen) atoms. The molecule has 8 heteroatoms. The molecule has 0 bridgehead atoms. The molecule has 0 aliphatic heterocycles. The third-order valence-electron chi connectivity index (χ3n) is 0. The van der Waals surface area contributed by atoms with Crippen LogP contribution < -0.4 is 0 Å². The SMILES string of the molecule is C.C.C.C.C.I.I.S.S.[3HH].[3HH].[V].[W].[Y].[Y]. The zero-order valence-electron chi connectivity index (χ0n) is 3.83. The van der Waals surface area contributed by atoms with Crippen LogP contribution in [0.15, 0.2) is 0 Å². The van der Waals surface area contributed by atoms with Crippen molar-refractivity contribution >= 4 is 74.9 Å². The van der Waals surface area contributed by atoms with Gasteiger partial charge in [0.25, 0.3) is 0 Å². The van der Waals surface area contributed by atoms with Gasteiger partial charge in [0.2, 0.25) is 0 Å². The largest absolute Gasteiger partial charge is 0.197 e. The zero-order chi connectivity index (χ0) is 0. The molecule has 0 atom stereocenters. The summed E-state index contributed by atoms with van der Waals surface area (Å²) in [4.78, 5) is 0. The van der Waals surface area contributed by atoms with Crippen LogP contribution in [-0.4, -0.2) is 0 Å². The molecule has 0 unspecified atom stereocenters. The summed E-state index contributed by atoms with van der Waals surface area (Å²) in [6, 6.07) is 0. The number of rotatable bonds is 0. The quantitative estimate of drug-likeness (QED) is 0.298. The first-order valence-electron chi connectivity index (χ1n) is 0. The Morgan fingerprint density at radius 3 is 0.538 bits per heavy atom. The van der Waals surface area contributed by atoms with E-state index in [1.165, 1.54) is 0 Å². The van der Waals surface area contributed by atoms with Crippen molar-refractivity contribution in [3.8, 4) is 0 Å². The minimum atomic E-state index is 0. The normalized spacial score (nSPS) is 0. The smallest absolute Gasteiger partial charge is 0 e. The van der Waals surface area contributed by atoms with Gasteiger partial charge in [0.1, 0.15) is 0 Å². The fraction of sp³-hybridized carbons (Fsp3) is 1.00. The van der Waals surface area contributed by atoms with Crippen molar-refractivity contribution in [2.45, 2.75) is 37.1 Å². The van der Waals surface area contributed by atoms with Crippen LogP contribution in [-0.2, 0) is 105 Å². The van der Waals surface area contributed by atoms with E-state index < -0.39 is 0 Å². The van der Waals surface area contributed by atoms with Gasteiger partial charge in [0, 0.05) is 108 Å². The van der Waals surface area contributed by atoms with Crippen molar-refractivity contribution in [1.82, 2.24) is 0 Å². The Labute approximate surface area is 215 Å². The van der Waals surface area contributed by atoms with Crippen molar-refractivity contribution in [2.75, 3.05) is 0 Å². The minimum Gasteiger partial charge on any atom is -0.197 e. The van der Waals surface area contributed by atoms with Crippen molar-refractivity contribution in [3.05, 3.63) is 0 Å². The van der Waals surface area contributed by atoms with E-state index in [9.17, 15) is 0 Å². The first kappa shape index (κ1) is 182. The van der Waals surface area contributed by atoms with Gasteiger partial charge in [0.05, 0.1) is 0 Å². The van der Waals surface area contributed by atoms with E-state index in [4.69, 9.17) is 0 Å². The Hall–Kier alpha value is 5.64. The van der Waals surface area contributed by atoms with E-state index in [0.717, 1.165) is 0 Å². The molecular weight excluding hydrogens is 791 g/mol. The summed E-state index contributed by atoms with van der Waals surface area (Å²) >= 11 is 0. The molecule has 0 nitrogen and oxygen atoms in total. The second-order valence-electron chi connectivity index (χ2n) is 0. The minimum absolute atomic E-state index is 0. The van der Waals surface area contributed by atoms with Gasteiger partial charge < -0.3 is 0 Å². The van der Waals surface area contributed by atoms with Crippen molar-refractivity contribution in [3.63, 3.8) is 0 Å². The molecule has 3 radical (unpaired) electrons. The third-order valence-corrected chi connectivity index (χ3v) is 0. The van der Waals surface area contributed by atoms with E-state index in [1.807, 2.05) is 0 Å². The fourth-order valence-corrected chi connectivity index (χ4v) is 0. The average Bonchev–Trinajstić information content (AvgIpc) is 0. The summed E-state index contributed by atoms with van der Waals surface area (Å²) in [5.74, 6) is 0. The van der Waals surface area contributed by atoms with Crippen LogP contribution in [0.25, 0.3) is 0 Å². The van der Waals surface area contributed by atoms with Crippen LogP contribution >= 0.6 is 74.9 Å². The van der Waals surface area contributed by atoms with E-state index in [0.29, 0.717) is 0 Å². The van der Waals surface area contributed by atoms with Gasteiger partial charge in [0.15, 0.2) is 0 Å². The first-order chi connectivity index (χ1) is 0. The van der Waals surface area contributed by atoms with Crippen molar-refractivity contribution < 1.29 is 108 Å². The maximum Gasteiger partial charge on any atom is 0 e. The molecule has 0 aromatic rings. The molecule has 0 N–H and O–H groups in total. The molecule has 0 saturated heterocycles. The van der Waals surface area contributed by atoms with Gasteiger partial charge >= 0.3 is 0 Å². The number of hydrogen-bond acceptors (Lipinski definition) is 0. The molecule has 0 spiro atoms. The van der Waals surface area contributed by atoms with Crippen LogP contribution in [0.1, 0.15) is 40.0 Å². The van der Waals surface area contributed by atoms with Crippen LogP contribution in [0.3, 0.4) is 0 Å². The van der Waals surface area contributed by atoms with Gasteiger partial charge in [-0.05, 0) is 0 Å². The molecule has 0 rings (SSSR count). The Balaban J connectivity index is 0. The molecule has 0 fully saturated rings. The predicted octanol–water partition coefficient (Wildman–Crippen LogP) is 5.12. The predicted molar refractivity (Wildman–Crippen MR) is 89.5 cm³/mol. The topological polar surface area (TPSA) is 0 Å². The maximum absolute atomic E-state index is 0. The molecule has 93 valence electrons. The Kier molecular flexibility index (Phi) is 2150. The molecule has 0 heterocycles. The number of hydrogen-bond donors (Lipinski definition) is 0. The molecular formula is C5H30I2S2VWY2. The maximum atomic E-state index is 0. The van der Waals surface area contributed by atoms with E-state index in [2.05, 4.69) is 0 Å². The van der Waals surface area contributed by atoms with Crippen LogP contribution in [0.2, 0.25) is 0 Å². The van der Waals surface area contributed by atoms with Crippen LogP contribution in [0.4, 0.5) is 0 Å². The van der Waals surface area contributed by atoms with Gasteiger partial charge in [-0.25, -0.2) is 0 Å². The summed E-state index contributed by atoms with van der Waals surface area (Å²) in [5, 5.41) is 0. The Morgan fingerprint density at radius 1 is 0.538 bits per heavy atom. The summed E-state index contributed by atoms with van der Waals surface area (Å²) in [5.41, 5.74) is 0. The fourth-order valence-electron chi connectivity index (χ4n) is 0. The van der Waals surface area contributed by atoms with Crippen molar-refractivity contribution in [2.24, 2.45) is 0 Å². The molecule has 0 aliphatic rings. The summed E-state index contributed by atoms with van der Waals surface area (Å²) in [6.07, 6.45) is 0. The number of halogens is 2. The standard InChI is InChI=1S/5CH4.2HI.2H2S.V.W.2Y.2H2/h5*1H4;2*1H;2*1H2;;;;;2*1H/i;;;;;;;;;;;;;2*1+2.